The smallest absolute Gasteiger partial charge is 0.411 e. The molecule has 9 nitrogen and oxygen atoms in total. The van der Waals surface area contributed by atoms with E-state index >= 15 is 0 Å². The Morgan fingerprint density at radius 3 is 2.53 bits per heavy atom. The maximum Gasteiger partial charge on any atom is 0.411 e. The van der Waals surface area contributed by atoms with Crippen molar-refractivity contribution in [2.45, 2.75) is 26.7 Å². The van der Waals surface area contributed by atoms with E-state index in [1.54, 1.807) is 31.2 Å². The van der Waals surface area contributed by atoms with Gasteiger partial charge in [0.05, 0.1) is 35.7 Å². The van der Waals surface area contributed by atoms with E-state index in [-0.39, 0.29) is 24.3 Å². The van der Waals surface area contributed by atoms with Crippen molar-refractivity contribution in [1.82, 2.24) is 9.78 Å². The van der Waals surface area contributed by atoms with Crippen molar-refractivity contribution >= 4 is 29.7 Å². The summed E-state index contributed by atoms with van der Waals surface area (Å²) in [5, 5.41) is 14.7. The number of hydrogen-bond acceptors (Lipinski definition) is 5. The number of nitrogens with zero attached hydrogens (tertiary/aromatic N) is 2. The molecule has 0 saturated heterocycles. The topological polar surface area (TPSA) is 126 Å². The highest BCUT2D eigenvalue weighted by Gasteiger charge is 2.16. The standard InChI is InChI=1S/C23H24N4O5/c1-3-15-7-5-6-8-19(15)24-14-18-20(13-21(28)29)26-27(22(18)30)17-11-9-16(10-12-17)25-23(31)32-4-2/h5-12,14,26H,3-4,13H2,1-2H3,(H,25,31)(H,28,29). The predicted molar refractivity (Wildman–Crippen MR) is 121 cm³/mol. The number of ether oxygens (including phenoxy) is 1. The van der Waals surface area contributed by atoms with Gasteiger partial charge < -0.3 is 9.84 Å². The van der Waals surface area contributed by atoms with Crippen LogP contribution in [-0.2, 0) is 22.4 Å². The molecule has 0 saturated carbocycles. The Hall–Kier alpha value is -4.14. The van der Waals surface area contributed by atoms with Crippen molar-refractivity contribution in [1.29, 1.82) is 0 Å². The number of carbonyl (C=O) groups is 2. The molecule has 32 heavy (non-hydrogen) atoms. The van der Waals surface area contributed by atoms with Crippen LogP contribution in [0.5, 0.6) is 0 Å². The summed E-state index contributed by atoms with van der Waals surface area (Å²) in [5.74, 6) is -1.07. The van der Waals surface area contributed by atoms with Gasteiger partial charge in [-0.2, -0.15) is 0 Å². The molecule has 0 unspecified atom stereocenters. The summed E-state index contributed by atoms with van der Waals surface area (Å²) in [4.78, 5) is 40.4. The number of H-pyrrole nitrogens is 1. The predicted octanol–water partition coefficient (Wildman–Crippen LogP) is 3.67. The number of hydrogen-bond donors (Lipinski definition) is 3. The summed E-state index contributed by atoms with van der Waals surface area (Å²) >= 11 is 0. The van der Waals surface area contributed by atoms with Crippen LogP contribution < -0.4 is 10.9 Å². The van der Waals surface area contributed by atoms with Crippen molar-refractivity contribution in [2.24, 2.45) is 4.99 Å². The van der Waals surface area contributed by atoms with E-state index in [1.165, 1.54) is 10.9 Å². The molecule has 3 N–H and O–H groups in total. The third-order valence-corrected chi connectivity index (χ3v) is 4.69. The number of carboxylic acid groups (broad SMARTS) is 1. The number of aryl methyl sites for hydroxylation is 1. The number of amides is 1. The number of carboxylic acids is 1. The molecule has 0 bridgehead atoms. The summed E-state index contributed by atoms with van der Waals surface area (Å²) in [5.41, 5.74) is 2.70. The molecule has 9 heteroatoms. The maximum absolute atomic E-state index is 13.1. The molecule has 0 fully saturated rings. The molecule has 0 atom stereocenters. The third kappa shape index (κ3) is 5.31. The van der Waals surface area contributed by atoms with Crippen LogP contribution in [0.1, 0.15) is 30.7 Å². The molecule has 0 aliphatic carbocycles. The van der Waals surface area contributed by atoms with Crippen LogP contribution in [0.3, 0.4) is 0 Å². The van der Waals surface area contributed by atoms with Crippen molar-refractivity contribution in [3.63, 3.8) is 0 Å². The lowest BCUT2D eigenvalue weighted by Gasteiger charge is -2.06. The summed E-state index contributed by atoms with van der Waals surface area (Å²) in [6.45, 7) is 3.96. The van der Waals surface area contributed by atoms with Crippen LogP contribution in [0.15, 0.2) is 58.3 Å². The van der Waals surface area contributed by atoms with Gasteiger partial charge in [-0.25, -0.2) is 9.48 Å². The van der Waals surface area contributed by atoms with Gasteiger partial charge in [-0.05, 0) is 49.2 Å². The van der Waals surface area contributed by atoms with Crippen LogP contribution in [0, 0.1) is 0 Å². The van der Waals surface area contributed by atoms with Crippen LogP contribution in [0.4, 0.5) is 16.2 Å². The average molecular weight is 436 g/mol. The number of aromatic amines is 1. The highest BCUT2D eigenvalue weighted by Crippen LogP contribution is 2.19. The molecule has 0 aliphatic heterocycles. The first kappa shape index (κ1) is 22.5. The number of carbonyl (C=O) groups excluding carboxylic acids is 1. The van der Waals surface area contributed by atoms with Gasteiger partial charge in [0.15, 0.2) is 0 Å². The Kier molecular flexibility index (Phi) is 7.22. The molecule has 0 aliphatic rings. The Labute approximate surface area is 184 Å². The average Bonchev–Trinajstić information content (AvgIpc) is 3.07. The molecule has 1 amide bonds. The van der Waals surface area contributed by atoms with Crippen LogP contribution in [0.2, 0.25) is 0 Å². The minimum absolute atomic E-state index is 0.173. The molecular weight excluding hydrogens is 412 g/mol. The van der Waals surface area contributed by atoms with Gasteiger partial charge in [0, 0.05) is 11.9 Å². The van der Waals surface area contributed by atoms with Gasteiger partial charge in [0.25, 0.3) is 5.56 Å². The fraction of sp³-hybridized carbons (Fsp3) is 0.217. The molecule has 166 valence electrons. The summed E-state index contributed by atoms with van der Waals surface area (Å²) in [6.07, 6.45) is 1.24. The molecule has 0 radical (unpaired) electrons. The summed E-state index contributed by atoms with van der Waals surface area (Å²) in [6, 6.07) is 14.0. The number of aromatic nitrogens is 2. The van der Waals surface area contributed by atoms with Gasteiger partial charge in [0.2, 0.25) is 0 Å². The van der Waals surface area contributed by atoms with E-state index in [9.17, 15) is 19.5 Å². The van der Waals surface area contributed by atoms with Crippen LogP contribution >= 0.6 is 0 Å². The second kappa shape index (κ2) is 10.3. The van der Waals surface area contributed by atoms with Crippen LogP contribution in [0.25, 0.3) is 5.69 Å². The number of aliphatic imine (C=N–C) groups is 1. The lowest BCUT2D eigenvalue weighted by molar-refractivity contribution is -0.136. The first-order valence-corrected chi connectivity index (χ1v) is 10.1. The zero-order valence-electron chi connectivity index (χ0n) is 17.8. The van der Waals surface area contributed by atoms with Gasteiger partial charge in [-0.1, -0.05) is 25.1 Å². The number of nitrogens with one attached hydrogen (secondary N) is 2. The summed E-state index contributed by atoms with van der Waals surface area (Å²) < 4.78 is 6.08. The van der Waals surface area contributed by atoms with Crippen molar-refractivity contribution in [3.05, 3.63) is 75.7 Å². The van der Waals surface area contributed by atoms with E-state index < -0.39 is 17.6 Å². The third-order valence-electron chi connectivity index (χ3n) is 4.69. The fourth-order valence-corrected chi connectivity index (χ4v) is 3.15. The number of para-hydroxylation sites is 1. The zero-order chi connectivity index (χ0) is 23.1. The van der Waals surface area contributed by atoms with Crippen molar-refractivity contribution < 1.29 is 19.4 Å². The first-order valence-electron chi connectivity index (χ1n) is 10.1. The molecule has 3 rings (SSSR count). The second-order valence-electron chi connectivity index (χ2n) is 6.85. The minimum atomic E-state index is -1.07. The Balaban J connectivity index is 1.95. The maximum atomic E-state index is 13.1. The van der Waals surface area contributed by atoms with E-state index in [4.69, 9.17) is 4.74 Å². The van der Waals surface area contributed by atoms with Gasteiger partial charge in [-0.15, -0.1) is 0 Å². The molecule has 0 spiro atoms. The van der Waals surface area contributed by atoms with E-state index in [2.05, 4.69) is 15.4 Å². The highest BCUT2D eigenvalue weighted by atomic mass is 16.5. The lowest BCUT2D eigenvalue weighted by atomic mass is 10.1. The summed E-state index contributed by atoms with van der Waals surface area (Å²) in [7, 11) is 0. The number of rotatable bonds is 8. The Morgan fingerprint density at radius 2 is 1.88 bits per heavy atom. The molecule has 3 aromatic rings. The van der Waals surface area contributed by atoms with Gasteiger partial charge >= 0.3 is 12.1 Å². The molecule has 2 aromatic carbocycles. The Morgan fingerprint density at radius 1 is 1.16 bits per heavy atom. The normalized spacial score (nSPS) is 10.9. The number of aliphatic carboxylic acids is 1. The van der Waals surface area contributed by atoms with Crippen molar-refractivity contribution in [3.8, 4) is 5.69 Å². The molecular formula is C23H24N4O5. The van der Waals surface area contributed by atoms with E-state index in [0.29, 0.717) is 11.4 Å². The van der Waals surface area contributed by atoms with Gasteiger partial charge in [-0.3, -0.25) is 25.0 Å². The SMILES string of the molecule is CCOC(=O)Nc1ccc(-n2[nH]c(CC(=O)O)c(C=Nc3ccccc3CC)c2=O)cc1. The van der Waals surface area contributed by atoms with E-state index in [1.807, 2.05) is 31.2 Å². The second-order valence-corrected chi connectivity index (χ2v) is 6.85. The molecule has 1 heterocycles. The largest absolute Gasteiger partial charge is 0.481 e. The number of anilines is 1. The van der Waals surface area contributed by atoms with Gasteiger partial charge in [0.1, 0.15) is 0 Å². The molecule has 1 aromatic heterocycles. The fourth-order valence-electron chi connectivity index (χ4n) is 3.15. The first-order chi connectivity index (χ1) is 15.4. The highest BCUT2D eigenvalue weighted by molar-refractivity contribution is 5.86. The lowest BCUT2D eigenvalue weighted by Crippen LogP contribution is -2.17. The number of benzene rings is 2. The van der Waals surface area contributed by atoms with Crippen molar-refractivity contribution in [2.75, 3.05) is 11.9 Å². The zero-order valence-corrected chi connectivity index (χ0v) is 17.8. The van der Waals surface area contributed by atoms with Crippen LogP contribution in [-0.4, -0.2) is 39.8 Å². The monoisotopic (exact) mass is 436 g/mol. The van der Waals surface area contributed by atoms with E-state index in [0.717, 1.165) is 17.7 Å². The Bertz CT molecular complexity index is 1190. The quantitative estimate of drug-likeness (QED) is 0.465. The minimum Gasteiger partial charge on any atom is -0.481 e.